The van der Waals surface area contributed by atoms with E-state index in [2.05, 4.69) is 0 Å². The number of hydrogen-bond acceptors (Lipinski definition) is 3. The van der Waals surface area contributed by atoms with E-state index in [1.54, 1.807) is 18.2 Å². The van der Waals surface area contributed by atoms with Gasteiger partial charge in [-0.3, -0.25) is 0 Å². The fraction of sp³-hybridized carbons (Fsp3) is 0.111. The molecule has 0 unspecified atom stereocenters. The van der Waals surface area contributed by atoms with Gasteiger partial charge in [0.1, 0.15) is 17.4 Å². The van der Waals surface area contributed by atoms with Gasteiger partial charge >= 0.3 is 5.97 Å². The predicted molar refractivity (Wildman–Crippen MR) is 43.7 cm³/mol. The minimum absolute atomic E-state index is 0.267. The molecule has 0 atom stereocenters. The highest BCUT2D eigenvalue weighted by Gasteiger charge is 2.04. The molecule has 0 amide bonds. The van der Waals surface area contributed by atoms with E-state index in [-0.39, 0.29) is 5.57 Å². The van der Waals surface area contributed by atoms with Crippen LogP contribution in [0.15, 0.2) is 34.5 Å². The summed E-state index contributed by atoms with van der Waals surface area (Å²) in [5.41, 5.74) is -0.267. The molecule has 1 aromatic heterocycles. The van der Waals surface area contributed by atoms with Crippen LogP contribution in [0.4, 0.5) is 0 Å². The second kappa shape index (κ2) is 4.12. The molecule has 0 aliphatic heterocycles. The van der Waals surface area contributed by atoms with E-state index in [0.717, 1.165) is 0 Å². The van der Waals surface area contributed by atoms with Crippen molar-refractivity contribution in [3.63, 3.8) is 0 Å². The van der Waals surface area contributed by atoms with E-state index >= 15 is 0 Å². The van der Waals surface area contributed by atoms with Crippen LogP contribution in [-0.2, 0) is 11.2 Å². The summed E-state index contributed by atoms with van der Waals surface area (Å²) in [4.78, 5) is 10.4. The summed E-state index contributed by atoms with van der Waals surface area (Å²) < 4.78 is 4.96. The fourth-order valence-electron chi connectivity index (χ4n) is 0.812. The van der Waals surface area contributed by atoms with E-state index in [1.807, 2.05) is 0 Å². The van der Waals surface area contributed by atoms with E-state index in [1.165, 1.54) is 12.3 Å². The Balaban J connectivity index is 2.67. The average Bonchev–Trinajstić information content (AvgIpc) is 2.57. The first-order valence-corrected chi connectivity index (χ1v) is 3.60. The molecule has 0 saturated carbocycles. The van der Waals surface area contributed by atoms with Crippen molar-refractivity contribution in [3.05, 3.63) is 35.8 Å². The van der Waals surface area contributed by atoms with Crippen LogP contribution in [0.1, 0.15) is 5.76 Å². The molecule has 0 saturated heterocycles. The van der Waals surface area contributed by atoms with Gasteiger partial charge in [-0.25, -0.2) is 4.79 Å². The summed E-state index contributed by atoms with van der Waals surface area (Å²) in [6, 6.07) is 5.00. The summed E-state index contributed by atoms with van der Waals surface area (Å²) in [6.45, 7) is 0. The third-order valence-electron chi connectivity index (χ3n) is 1.44. The molecule has 66 valence electrons. The van der Waals surface area contributed by atoms with Gasteiger partial charge in [0.05, 0.1) is 6.26 Å². The quantitative estimate of drug-likeness (QED) is 0.558. The zero-order chi connectivity index (χ0) is 9.68. The lowest BCUT2D eigenvalue weighted by Gasteiger charge is -1.89. The number of hydrogen-bond donors (Lipinski definition) is 1. The Bertz CT molecular complexity index is 357. The molecule has 4 nitrogen and oxygen atoms in total. The molecule has 0 bridgehead atoms. The maximum Gasteiger partial charge on any atom is 0.346 e. The van der Waals surface area contributed by atoms with Gasteiger partial charge < -0.3 is 9.52 Å². The maximum absolute atomic E-state index is 10.4. The number of allylic oxidation sites excluding steroid dienone is 1. The second-order valence-electron chi connectivity index (χ2n) is 2.32. The van der Waals surface area contributed by atoms with Crippen LogP contribution >= 0.6 is 0 Å². The molecule has 0 fully saturated rings. The molecule has 4 heteroatoms. The molecule has 1 aromatic rings. The first-order chi connectivity index (χ1) is 6.24. The Morgan fingerprint density at radius 2 is 2.54 bits per heavy atom. The first-order valence-electron chi connectivity index (χ1n) is 3.60. The van der Waals surface area contributed by atoms with Crippen LogP contribution < -0.4 is 0 Å². The van der Waals surface area contributed by atoms with E-state index in [4.69, 9.17) is 14.8 Å². The van der Waals surface area contributed by atoms with Crippen molar-refractivity contribution in [3.8, 4) is 6.07 Å². The molecular weight excluding hydrogens is 170 g/mol. The van der Waals surface area contributed by atoms with Crippen LogP contribution in [0.3, 0.4) is 0 Å². The van der Waals surface area contributed by atoms with Gasteiger partial charge in [0.15, 0.2) is 0 Å². The van der Waals surface area contributed by atoms with Crippen LogP contribution in [0.2, 0.25) is 0 Å². The minimum Gasteiger partial charge on any atom is -0.477 e. The summed E-state index contributed by atoms with van der Waals surface area (Å²) in [7, 11) is 0. The number of nitrogens with zero attached hydrogens (tertiary/aromatic N) is 1. The van der Waals surface area contributed by atoms with Crippen molar-refractivity contribution in [2.75, 3.05) is 0 Å². The predicted octanol–water partition coefficient (Wildman–Crippen LogP) is 1.36. The van der Waals surface area contributed by atoms with Gasteiger partial charge in [0.25, 0.3) is 0 Å². The summed E-state index contributed by atoms with van der Waals surface area (Å²) in [5.74, 6) is -0.581. The summed E-state index contributed by atoms with van der Waals surface area (Å²) >= 11 is 0. The van der Waals surface area contributed by atoms with Crippen molar-refractivity contribution in [2.45, 2.75) is 6.42 Å². The summed E-state index contributed by atoms with van der Waals surface area (Å²) in [5, 5.41) is 16.9. The Morgan fingerprint density at radius 3 is 3.00 bits per heavy atom. The van der Waals surface area contributed by atoms with E-state index in [0.29, 0.717) is 12.2 Å². The summed E-state index contributed by atoms with van der Waals surface area (Å²) in [6.07, 6.45) is 3.14. The smallest absolute Gasteiger partial charge is 0.346 e. The SMILES string of the molecule is N#CC(=CCc1ccco1)C(=O)O. The first kappa shape index (κ1) is 9.07. The molecule has 0 radical (unpaired) electrons. The number of carbonyl (C=O) groups is 1. The number of furan rings is 1. The molecule has 0 aliphatic rings. The van der Waals surface area contributed by atoms with Gasteiger partial charge in [-0.1, -0.05) is 6.08 Å². The van der Waals surface area contributed by atoms with Gasteiger partial charge in [-0.2, -0.15) is 5.26 Å². The highest BCUT2D eigenvalue weighted by molar-refractivity contribution is 5.90. The highest BCUT2D eigenvalue weighted by Crippen LogP contribution is 2.03. The Labute approximate surface area is 74.7 Å². The molecule has 1 rings (SSSR count). The molecule has 0 spiro atoms. The number of nitriles is 1. The Morgan fingerprint density at radius 1 is 1.77 bits per heavy atom. The lowest BCUT2D eigenvalue weighted by Crippen LogP contribution is -1.98. The standard InChI is InChI=1S/C9H7NO3/c10-6-7(9(11)12)3-4-8-2-1-5-13-8/h1-3,5H,4H2,(H,11,12). The topological polar surface area (TPSA) is 74.2 Å². The van der Waals surface area contributed by atoms with Gasteiger partial charge in [0, 0.05) is 6.42 Å². The zero-order valence-corrected chi connectivity index (χ0v) is 6.73. The normalized spacial score (nSPS) is 10.8. The molecule has 0 aromatic carbocycles. The van der Waals surface area contributed by atoms with Gasteiger partial charge in [-0.15, -0.1) is 0 Å². The molecule has 1 heterocycles. The fourth-order valence-corrected chi connectivity index (χ4v) is 0.812. The van der Waals surface area contributed by atoms with Gasteiger partial charge in [0.2, 0.25) is 0 Å². The third-order valence-corrected chi connectivity index (χ3v) is 1.44. The average molecular weight is 177 g/mol. The number of carboxylic acid groups (broad SMARTS) is 1. The van der Waals surface area contributed by atoms with Crippen LogP contribution in [0.5, 0.6) is 0 Å². The molecule has 1 N–H and O–H groups in total. The van der Waals surface area contributed by atoms with Crippen molar-refractivity contribution in [2.24, 2.45) is 0 Å². The van der Waals surface area contributed by atoms with Crippen LogP contribution in [-0.4, -0.2) is 11.1 Å². The van der Waals surface area contributed by atoms with Crippen LogP contribution in [0.25, 0.3) is 0 Å². The minimum atomic E-state index is -1.21. The Hall–Kier alpha value is -2.02. The monoisotopic (exact) mass is 177 g/mol. The van der Waals surface area contributed by atoms with Crippen molar-refractivity contribution in [1.82, 2.24) is 0 Å². The van der Waals surface area contributed by atoms with E-state index in [9.17, 15) is 4.79 Å². The Kier molecular flexibility index (Phi) is 2.87. The van der Waals surface area contributed by atoms with Crippen molar-refractivity contribution in [1.29, 1.82) is 5.26 Å². The molecule has 0 aliphatic carbocycles. The van der Waals surface area contributed by atoms with E-state index < -0.39 is 5.97 Å². The molecular formula is C9H7NO3. The third kappa shape index (κ3) is 2.49. The van der Waals surface area contributed by atoms with Crippen molar-refractivity contribution >= 4 is 5.97 Å². The second-order valence-corrected chi connectivity index (χ2v) is 2.32. The lowest BCUT2D eigenvalue weighted by atomic mass is 10.2. The number of rotatable bonds is 3. The number of carboxylic acids is 1. The van der Waals surface area contributed by atoms with Crippen LogP contribution in [0, 0.1) is 11.3 Å². The van der Waals surface area contributed by atoms with Crippen molar-refractivity contribution < 1.29 is 14.3 Å². The zero-order valence-electron chi connectivity index (χ0n) is 6.73. The lowest BCUT2D eigenvalue weighted by molar-refractivity contribution is -0.132. The molecule has 13 heavy (non-hydrogen) atoms. The maximum atomic E-state index is 10.4. The largest absolute Gasteiger partial charge is 0.477 e. The van der Waals surface area contributed by atoms with Gasteiger partial charge in [-0.05, 0) is 12.1 Å². The number of aliphatic carboxylic acids is 1. The highest BCUT2D eigenvalue weighted by atomic mass is 16.4.